The second-order valence-electron chi connectivity index (χ2n) is 7.71. The summed E-state index contributed by atoms with van der Waals surface area (Å²) in [6.45, 7) is 1.74. The van der Waals surface area contributed by atoms with Crippen LogP contribution in [0.1, 0.15) is 53.6 Å². The first-order valence-electron chi connectivity index (χ1n) is 10.6. The molecule has 0 aromatic heterocycles. The predicted octanol–water partition coefficient (Wildman–Crippen LogP) is 3.89. The number of rotatable bonds is 7. The van der Waals surface area contributed by atoms with Crippen LogP contribution in [0.25, 0.3) is 0 Å². The van der Waals surface area contributed by atoms with Gasteiger partial charge >= 0.3 is 12.0 Å². The number of urea groups is 1. The molecule has 7 heteroatoms. The van der Waals surface area contributed by atoms with Crippen molar-refractivity contribution in [2.45, 2.75) is 51.7 Å². The summed E-state index contributed by atoms with van der Waals surface area (Å²) in [5.41, 5.74) is 2.31. The zero-order valence-corrected chi connectivity index (χ0v) is 17.7. The Labute approximate surface area is 182 Å². The maximum absolute atomic E-state index is 12.5. The summed E-state index contributed by atoms with van der Waals surface area (Å²) in [5.74, 6) is -1.01. The molecular weight excluding hydrogens is 396 g/mol. The molecule has 3 rings (SSSR count). The molecule has 1 fully saturated rings. The molecule has 2 N–H and O–H groups in total. The third-order valence-corrected chi connectivity index (χ3v) is 5.11. The number of para-hydroxylation sites is 1. The van der Waals surface area contributed by atoms with Crippen LogP contribution < -0.4 is 15.4 Å². The first kappa shape index (κ1) is 22.3. The van der Waals surface area contributed by atoms with E-state index in [1.165, 1.54) is 6.42 Å². The van der Waals surface area contributed by atoms with Gasteiger partial charge in [0.15, 0.2) is 6.61 Å². The molecule has 1 saturated carbocycles. The van der Waals surface area contributed by atoms with Crippen molar-refractivity contribution in [1.29, 1.82) is 0 Å². The highest BCUT2D eigenvalue weighted by Crippen LogP contribution is 2.21. The van der Waals surface area contributed by atoms with Gasteiger partial charge in [0.05, 0.1) is 0 Å². The molecule has 7 nitrogen and oxygen atoms in total. The van der Waals surface area contributed by atoms with E-state index in [0.29, 0.717) is 12.4 Å². The number of ether oxygens (including phenoxy) is 2. The number of esters is 1. The zero-order chi connectivity index (χ0) is 22.1. The van der Waals surface area contributed by atoms with E-state index in [1.54, 1.807) is 24.3 Å². The summed E-state index contributed by atoms with van der Waals surface area (Å²) in [6, 6.07) is 14.1. The van der Waals surface area contributed by atoms with Crippen molar-refractivity contribution in [3.8, 4) is 5.75 Å². The highest BCUT2D eigenvalue weighted by Gasteiger charge is 2.19. The van der Waals surface area contributed by atoms with Crippen LogP contribution in [-0.2, 0) is 16.1 Å². The first-order valence-corrected chi connectivity index (χ1v) is 10.6. The average Bonchev–Trinajstić information content (AvgIpc) is 2.77. The number of carbonyl (C=O) groups is 3. The van der Waals surface area contributed by atoms with Gasteiger partial charge in [-0.2, -0.15) is 0 Å². The summed E-state index contributed by atoms with van der Waals surface area (Å²) in [4.78, 5) is 36.4. The van der Waals surface area contributed by atoms with E-state index >= 15 is 0 Å². The van der Waals surface area contributed by atoms with Gasteiger partial charge in [-0.15, -0.1) is 0 Å². The summed E-state index contributed by atoms with van der Waals surface area (Å²) in [6.07, 6.45) is 5.14. The molecule has 0 radical (unpaired) electrons. The van der Waals surface area contributed by atoms with E-state index < -0.39 is 24.5 Å². The van der Waals surface area contributed by atoms with Gasteiger partial charge in [0.25, 0.3) is 5.91 Å². The Morgan fingerprint density at radius 1 is 1.00 bits per heavy atom. The van der Waals surface area contributed by atoms with Crippen LogP contribution in [0.2, 0.25) is 0 Å². The smallest absolute Gasteiger partial charge is 0.342 e. The number of amides is 3. The van der Waals surface area contributed by atoms with Crippen LogP contribution in [0, 0.1) is 6.92 Å². The lowest BCUT2D eigenvalue weighted by atomic mass is 9.96. The minimum atomic E-state index is -0.692. The highest BCUT2D eigenvalue weighted by atomic mass is 16.5. The summed E-state index contributed by atoms with van der Waals surface area (Å²) >= 11 is 0. The molecule has 0 bridgehead atoms. The quantitative estimate of drug-likeness (QED) is 0.658. The van der Waals surface area contributed by atoms with Crippen LogP contribution >= 0.6 is 0 Å². The van der Waals surface area contributed by atoms with Crippen LogP contribution in [0.5, 0.6) is 5.75 Å². The van der Waals surface area contributed by atoms with Crippen LogP contribution in [0.3, 0.4) is 0 Å². The van der Waals surface area contributed by atoms with Crippen LogP contribution in [-0.4, -0.2) is 30.6 Å². The molecule has 2 aromatic rings. The molecule has 0 heterocycles. The number of nitrogens with one attached hydrogen (secondary N) is 2. The van der Waals surface area contributed by atoms with E-state index in [9.17, 15) is 14.4 Å². The van der Waals surface area contributed by atoms with Gasteiger partial charge in [-0.25, -0.2) is 9.59 Å². The standard InChI is InChI=1S/C24H28N2O5/c1-17-8-7-9-18(14-17)15-30-21-13-6-5-12-20(21)23(28)31-16-22(27)26-24(29)25-19-10-3-2-4-11-19/h5-9,12-14,19H,2-4,10-11,15-16H2,1H3,(H2,25,26,27,29). The number of hydrogen-bond acceptors (Lipinski definition) is 5. The lowest BCUT2D eigenvalue weighted by Gasteiger charge is -2.22. The van der Waals surface area contributed by atoms with Crippen molar-refractivity contribution in [3.63, 3.8) is 0 Å². The number of carbonyl (C=O) groups excluding carboxylic acids is 3. The number of hydrogen-bond donors (Lipinski definition) is 2. The minimum Gasteiger partial charge on any atom is -0.488 e. The van der Waals surface area contributed by atoms with Crippen LogP contribution in [0.4, 0.5) is 4.79 Å². The maximum atomic E-state index is 12.5. The summed E-state index contributed by atoms with van der Waals surface area (Å²) in [7, 11) is 0. The normalized spacial score (nSPS) is 13.8. The molecular formula is C24H28N2O5. The van der Waals surface area contributed by atoms with Crippen LogP contribution in [0.15, 0.2) is 48.5 Å². The van der Waals surface area contributed by atoms with Crippen molar-refractivity contribution < 1.29 is 23.9 Å². The minimum absolute atomic E-state index is 0.0847. The Balaban J connectivity index is 1.48. The Morgan fingerprint density at radius 3 is 2.55 bits per heavy atom. The Hall–Kier alpha value is -3.35. The molecule has 2 aromatic carbocycles. The van der Waals surface area contributed by atoms with Gasteiger partial charge in [-0.1, -0.05) is 61.2 Å². The predicted molar refractivity (Wildman–Crippen MR) is 116 cm³/mol. The van der Waals surface area contributed by atoms with Gasteiger partial charge in [0.1, 0.15) is 17.9 Å². The average molecular weight is 424 g/mol. The number of aryl methyl sites for hydroxylation is 1. The highest BCUT2D eigenvalue weighted by molar-refractivity contribution is 5.97. The fourth-order valence-electron chi connectivity index (χ4n) is 3.56. The molecule has 0 aliphatic heterocycles. The van der Waals surface area contributed by atoms with E-state index in [0.717, 1.165) is 36.8 Å². The van der Waals surface area contributed by atoms with Crippen molar-refractivity contribution in [2.24, 2.45) is 0 Å². The fourth-order valence-corrected chi connectivity index (χ4v) is 3.56. The molecule has 0 spiro atoms. The molecule has 31 heavy (non-hydrogen) atoms. The third kappa shape index (κ3) is 7.13. The Bertz CT molecular complexity index is 922. The Kier molecular flexibility index (Phi) is 8.04. The van der Waals surface area contributed by atoms with Gasteiger partial charge in [-0.3, -0.25) is 10.1 Å². The van der Waals surface area contributed by atoms with Crippen molar-refractivity contribution >= 4 is 17.9 Å². The molecule has 164 valence electrons. The SMILES string of the molecule is Cc1cccc(COc2ccccc2C(=O)OCC(=O)NC(=O)NC2CCCCC2)c1. The lowest BCUT2D eigenvalue weighted by molar-refractivity contribution is -0.123. The lowest BCUT2D eigenvalue weighted by Crippen LogP contribution is -2.46. The second kappa shape index (κ2) is 11.2. The van der Waals surface area contributed by atoms with Crippen molar-refractivity contribution in [2.75, 3.05) is 6.61 Å². The van der Waals surface area contributed by atoms with Crippen molar-refractivity contribution in [1.82, 2.24) is 10.6 Å². The monoisotopic (exact) mass is 424 g/mol. The van der Waals surface area contributed by atoms with Gasteiger partial charge < -0.3 is 14.8 Å². The largest absolute Gasteiger partial charge is 0.488 e. The first-order chi connectivity index (χ1) is 15.0. The topological polar surface area (TPSA) is 93.7 Å². The molecule has 1 aliphatic rings. The van der Waals surface area contributed by atoms with Gasteiger partial charge in [0, 0.05) is 6.04 Å². The molecule has 0 atom stereocenters. The van der Waals surface area contributed by atoms with Gasteiger partial charge in [-0.05, 0) is 37.5 Å². The third-order valence-electron chi connectivity index (χ3n) is 5.11. The summed E-state index contributed by atoms with van der Waals surface area (Å²) in [5, 5.41) is 4.99. The number of benzene rings is 2. The van der Waals surface area contributed by atoms with E-state index in [-0.39, 0.29) is 11.6 Å². The molecule has 3 amide bonds. The molecule has 1 aliphatic carbocycles. The summed E-state index contributed by atoms with van der Waals surface area (Å²) < 4.78 is 10.9. The fraction of sp³-hybridized carbons (Fsp3) is 0.375. The zero-order valence-electron chi connectivity index (χ0n) is 17.7. The maximum Gasteiger partial charge on any atom is 0.342 e. The second-order valence-corrected chi connectivity index (χ2v) is 7.71. The molecule has 0 saturated heterocycles. The number of imide groups is 1. The Morgan fingerprint density at radius 2 is 1.77 bits per heavy atom. The van der Waals surface area contributed by atoms with E-state index in [4.69, 9.17) is 9.47 Å². The van der Waals surface area contributed by atoms with Crippen molar-refractivity contribution in [3.05, 3.63) is 65.2 Å². The van der Waals surface area contributed by atoms with Gasteiger partial charge in [0.2, 0.25) is 0 Å². The van der Waals surface area contributed by atoms with E-state index in [1.807, 2.05) is 31.2 Å². The molecule has 0 unspecified atom stereocenters. The van der Waals surface area contributed by atoms with E-state index in [2.05, 4.69) is 10.6 Å².